The van der Waals surface area contributed by atoms with Crippen LogP contribution in [0.15, 0.2) is 59.7 Å². The van der Waals surface area contributed by atoms with Gasteiger partial charge < -0.3 is 15.2 Å². The third-order valence-electron chi connectivity index (χ3n) is 5.48. The molecular formula is C23H21F3N4O4. The van der Waals surface area contributed by atoms with Crippen LogP contribution >= 0.6 is 0 Å². The lowest BCUT2D eigenvalue weighted by Gasteiger charge is -2.28. The van der Waals surface area contributed by atoms with Gasteiger partial charge in [0.15, 0.2) is 0 Å². The first kappa shape index (κ1) is 23.4. The third-order valence-corrected chi connectivity index (χ3v) is 5.48. The van der Waals surface area contributed by atoms with E-state index in [2.05, 4.69) is 20.1 Å². The Labute approximate surface area is 192 Å². The monoisotopic (exact) mass is 474 g/mol. The first-order valence-electron chi connectivity index (χ1n) is 10.6. The highest BCUT2D eigenvalue weighted by molar-refractivity contribution is 5.95. The van der Waals surface area contributed by atoms with Crippen LogP contribution in [0.1, 0.15) is 36.0 Å². The maximum absolute atomic E-state index is 13.1. The number of carbonyl (C=O) groups excluding carboxylic acids is 1. The maximum atomic E-state index is 13.1. The fourth-order valence-corrected chi connectivity index (χ4v) is 3.81. The van der Waals surface area contributed by atoms with Gasteiger partial charge in [0.2, 0.25) is 0 Å². The molecule has 1 amide bonds. The molecule has 0 aliphatic heterocycles. The fourth-order valence-electron chi connectivity index (χ4n) is 3.81. The number of alkyl halides is 3. The molecule has 1 aromatic carbocycles. The van der Waals surface area contributed by atoms with Crippen LogP contribution in [0.5, 0.6) is 5.75 Å². The predicted molar refractivity (Wildman–Crippen MR) is 115 cm³/mol. The van der Waals surface area contributed by atoms with E-state index in [-0.39, 0.29) is 11.3 Å². The molecule has 178 valence electrons. The molecule has 0 radical (unpaired) electrons. The third kappa shape index (κ3) is 5.42. The SMILES string of the molecule is O=C(N[C@@H]1CCCC[C@@H]1O)c1cc(-c2ccc(OC(F)(F)F)cc2)nn(-c2cccnc2)c1=O. The number of benzene rings is 1. The minimum Gasteiger partial charge on any atom is -0.406 e. The van der Waals surface area contributed by atoms with Crippen LogP contribution in [-0.4, -0.2) is 44.3 Å². The molecule has 1 aliphatic carbocycles. The van der Waals surface area contributed by atoms with E-state index in [4.69, 9.17) is 0 Å². The van der Waals surface area contributed by atoms with Gasteiger partial charge in [0.1, 0.15) is 11.3 Å². The number of halogens is 3. The molecule has 0 bridgehead atoms. The Balaban J connectivity index is 1.73. The van der Waals surface area contributed by atoms with E-state index in [1.54, 1.807) is 12.1 Å². The molecule has 2 N–H and O–H groups in total. The summed E-state index contributed by atoms with van der Waals surface area (Å²) >= 11 is 0. The van der Waals surface area contributed by atoms with Crippen molar-refractivity contribution < 1.29 is 27.8 Å². The summed E-state index contributed by atoms with van der Waals surface area (Å²) in [4.78, 5) is 30.1. The lowest BCUT2D eigenvalue weighted by Crippen LogP contribution is -2.46. The molecule has 0 saturated heterocycles. The van der Waals surface area contributed by atoms with Crippen molar-refractivity contribution in [2.24, 2.45) is 0 Å². The lowest BCUT2D eigenvalue weighted by atomic mass is 9.92. The van der Waals surface area contributed by atoms with Crippen molar-refractivity contribution in [1.82, 2.24) is 20.1 Å². The quantitative estimate of drug-likeness (QED) is 0.588. The summed E-state index contributed by atoms with van der Waals surface area (Å²) in [5, 5.41) is 17.2. The summed E-state index contributed by atoms with van der Waals surface area (Å²) in [6, 6.07) is 8.88. The molecule has 2 aromatic heterocycles. The molecule has 1 saturated carbocycles. The van der Waals surface area contributed by atoms with Crippen LogP contribution in [0.4, 0.5) is 13.2 Å². The van der Waals surface area contributed by atoms with Gasteiger partial charge in [-0.05, 0) is 55.3 Å². The van der Waals surface area contributed by atoms with Crippen molar-refractivity contribution in [3.63, 3.8) is 0 Å². The van der Waals surface area contributed by atoms with Crippen molar-refractivity contribution in [2.45, 2.75) is 44.2 Å². The zero-order valence-corrected chi connectivity index (χ0v) is 17.8. The molecule has 2 heterocycles. The highest BCUT2D eigenvalue weighted by Gasteiger charge is 2.31. The van der Waals surface area contributed by atoms with Gasteiger partial charge in [-0.1, -0.05) is 12.8 Å². The summed E-state index contributed by atoms with van der Waals surface area (Å²) in [7, 11) is 0. The predicted octanol–water partition coefficient (Wildman–Crippen LogP) is 3.23. The van der Waals surface area contributed by atoms with Gasteiger partial charge in [-0.15, -0.1) is 13.2 Å². The Morgan fingerprint density at radius 3 is 2.53 bits per heavy atom. The standard InChI is InChI=1S/C23H21F3N4O4/c24-23(25,26)34-16-9-7-14(8-10-16)19-12-17(21(32)28-18-5-1-2-6-20(18)31)22(33)30(29-19)15-4-3-11-27-13-15/h3-4,7-13,18,20,31H,1-2,5-6H2,(H,28,32)/t18-,20+/m1/s1. The van der Waals surface area contributed by atoms with E-state index in [1.165, 1.54) is 30.6 Å². The zero-order chi connectivity index (χ0) is 24.3. The molecule has 1 fully saturated rings. The van der Waals surface area contributed by atoms with Crippen LogP contribution in [0, 0.1) is 0 Å². The highest BCUT2D eigenvalue weighted by Crippen LogP contribution is 2.26. The van der Waals surface area contributed by atoms with Gasteiger partial charge in [0.05, 0.1) is 29.7 Å². The average molecular weight is 474 g/mol. The molecule has 8 nitrogen and oxygen atoms in total. The normalized spacial score (nSPS) is 18.4. The van der Waals surface area contributed by atoms with Gasteiger partial charge in [-0.25, -0.2) is 0 Å². The fraction of sp³-hybridized carbons (Fsp3) is 0.304. The zero-order valence-electron chi connectivity index (χ0n) is 17.8. The largest absolute Gasteiger partial charge is 0.573 e. The molecule has 4 rings (SSSR count). The van der Waals surface area contributed by atoms with E-state index in [1.807, 2.05) is 0 Å². The molecule has 1 aliphatic rings. The summed E-state index contributed by atoms with van der Waals surface area (Å²) in [6.07, 6.45) is 0.204. The smallest absolute Gasteiger partial charge is 0.406 e. The van der Waals surface area contributed by atoms with Crippen LogP contribution in [0.3, 0.4) is 0 Å². The Morgan fingerprint density at radius 2 is 1.88 bits per heavy atom. The molecule has 3 aromatic rings. The number of rotatable bonds is 5. The van der Waals surface area contributed by atoms with Gasteiger partial charge in [-0.2, -0.15) is 9.78 Å². The summed E-state index contributed by atoms with van der Waals surface area (Å²) in [5.74, 6) is -1.09. The van der Waals surface area contributed by atoms with Crippen LogP contribution in [0.2, 0.25) is 0 Å². The van der Waals surface area contributed by atoms with E-state index < -0.39 is 35.7 Å². The Hall–Kier alpha value is -3.73. The number of aliphatic hydroxyl groups excluding tert-OH is 1. The average Bonchev–Trinajstić information content (AvgIpc) is 2.81. The van der Waals surface area contributed by atoms with Gasteiger partial charge >= 0.3 is 6.36 Å². The molecule has 2 atom stereocenters. The van der Waals surface area contributed by atoms with Crippen LogP contribution in [-0.2, 0) is 0 Å². The molecule has 0 unspecified atom stereocenters. The number of hydrogen-bond acceptors (Lipinski definition) is 6. The van der Waals surface area contributed by atoms with E-state index in [0.717, 1.165) is 29.7 Å². The van der Waals surface area contributed by atoms with Crippen LogP contribution < -0.4 is 15.6 Å². The second-order valence-corrected chi connectivity index (χ2v) is 7.88. The second kappa shape index (κ2) is 9.64. The number of ether oxygens (including phenoxy) is 1. The van der Waals surface area contributed by atoms with E-state index in [9.17, 15) is 27.9 Å². The maximum Gasteiger partial charge on any atom is 0.573 e. The van der Waals surface area contributed by atoms with Crippen LogP contribution in [0.25, 0.3) is 16.9 Å². The number of aliphatic hydroxyl groups is 1. The Bertz CT molecular complexity index is 1210. The van der Waals surface area contributed by atoms with Crippen molar-refractivity contribution in [3.05, 3.63) is 70.8 Å². The number of nitrogens with one attached hydrogen (secondary N) is 1. The summed E-state index contributed by atoms with van der Waals surface area (Å²) in [5.41, 5.74) is -0.0767. The van der Waals surface area contributed by atoms with E-state index >= 15 is 0 Å². The van der Waals surface area contributed by atoms with Gasteiger partial charge in [0, 0.05) is 11.8 Å². The highest BCUT2D eigenvalue weighted by atomic mass is 19.4. The number of aromatic nitrogens is 3. The van der Waals surface area contributed by atoms with Crippen molar-refractivity contribution in [2.75, 3.05) is 0 Å². The van der Waals surface area contributed by atoms with Gasteiger partial charge in [-0.3, -0.25) is 14.6 Å². The molecule has 34 heavy (non-hydrogen) atoms. The second-order valence-electron chi connectivity index (χ2n) is 7.88. The number of hydrogen-bond donors (Lipinski definition) is 2. The molecule has 0 spiro atoms. The summed E-state index contributed by atoms with van der Waals surface area (Å²) < 4.78 is 42.3. The first-order valence-corrected chi connectivity index (χ1v) is 10.6. The van der Waals surface area contributed by atoms with Crippen molar-refractivity contribution in [3.8, 4) is 22.7 Å². The first-order chi connectivity index (χ1) is 16.2. The minimum absolute atomic E-state index is 0.177. The number of pyridine rings is 1. The van der Waals surface area contributed by atoms with Crippen molar-refractivity contribution in [1.29, 1.82) is 0 Å². The Kier molecular flexibility index (Phi) is 6.64. The number of nitrogens with zero attached hydrogens (tertiary/aromatic N) is 3. The molecular weight excluding hydrogens is 453 g/mol. The van der Waals surface area contributed by atoms with Crippen molar-refractivity contribution >= 4 is 5.91 Å². The van der Waals surface area contributed by atoms with Gasteiger partial charge in [0.25, 0.3) is 11.5 Å². The number of amides is 1. The number of carbonyl (C=O) groups is 1. The topological polar surface area (TPSA) is 106 Å². The lowest BCUT2D eigenvalue weighted by molar-refractivity contribution is -0.274. The minimum atomic E-state index is -4.83. The Morgan fingerprint density at radius 1 is 1.15 bits per heavy atom. The van der Waals surface area contributed by atoms with E-state index in [0.29, 0.717) is 24.1 Å². The summed E-state index contributed by atoms with van der Waals surface area (Å²) in [6.45, 7) is 0. The molecule has 11 heteroatoms.